The molecule has 2 N–H and O–H groups in total. The molecule has 4 rings (SSSR count). The van der Waals surface area contributed by atoms with Crippen molar-refractivity contribution in [1.29, 1.82) is 0 Å². The number of nitrogens with one attached hydrogen (secondary N) is 2. The Hall–Kier alpha value is -3.16. The monoisotopic (exact) mass is 490 g/mol. The van der Waals surface area contributed by atoms with E-state index in [4.69, 9.17) is 4.84 Å². The Kier molecular flexibility index (Phi) is 9.94. The summed E-state index contributed by atoms with van der Waals surface area (Å²) in [7, 11) is 0. The molecule has 1 aliphatic rings. The number of nitrogens with zero attached hydrogens (tertiary/aromatic N) is 2. The van der Waals surface area contributed by atoms with Crippen LogP contribution in [0.5, 0.6) is 0 Å². The van der Waals surface area contributed by atoms with Crippen LogP contribution in [-0.2, 0) is 27.5 Å². The maximum absolute atomic E-state index is 12.6. The third kappa shape index (κ3) is 7.93. The second-order valence-corrected chi connectivity index (χ2v) is 9.55. The Morgan fingerprint density at radius 2 is 1.61 bits per heavy atom. The summed E-state index contributed by atoms with van der Waals surface area (Å²) in [5.74, 6) is 0.127. The van der Waals surface area contributed by atoms with E-state index >= 15 is 0 Å². The van der Waals surface area contributed by atoms with Crippen LogP contribution in [0.2, 0.25) is 0 Å². The Bertz CT molecular complexity index is 1090. The number of hydroxylamine groups is 1. The van der Waals surface area contributed by atoms with Gasteiger partial charge in [0, 0.05) is 56.1 Å². The predicted octanol–water partition coefficient (Wildman–Crippen LogP) is 4.44. The van der Waals surface area contributed by atoms with Crippen molar-refractivity contribution in [3.8, 4) is 0 Å². The molecule has 2 aromatic carbocycles. The highest BCUT2D eigenvalue weighted by atomic mass is 16.6. The summed E-state index contributed by atoms with van der Waals surface area (Å²) in [5, 5.41) is 1.32. The van der Waals surface area contributed by atoms with E-state index in [9.17, 15) is 9.59 Å². The molecule has 1 saturated heterocycles. The van der Waals surface area contributed by atoms with Crippen molar-refractivity contribution in [2.75, 3.05) is 32.7 Å². The molecule has 7 heteroatoms. The number of amides is 2. The lowest BCUT2D eigenvalue weighted by molar-refractivity contribution is -0.134. The third-order valence-electron chi connectivity index (χ3n) is 6.88. The Morgan fingerprint density at radius 1 is 0.861 bits per heavy atom. The van der Waals surface area contributed by atoms with Crippen molar-refractivity contribution >= 4 is 22.7 Å². The van der Waals surface area contributed by atoms with E-state index in [-0.39, 0.29) is 11.8 Å². The summed E-state index contributed by atoms with van der Waals surface area (Å²) >= 11 is 0. The van der Waals surface area contributed by atoms with Crippen molar-refractivity contribution < 1.29 is 14.4 Å². The van der Waals surface area contributed by atoms with E-state index in [0.717, 1.165) is 70.4 Å². The van der Waals surface area contributed by atoms with Crippen LogP contribution < -0.4 is 5.48 Å². The largest absolute Gasteiger partial charge is 0.361 e. The number of hydrogen-bond donors (Lipinski definition) is 2. The number of hydrogen-bond acceptors (Lipinski definition) is 4. The van der Waals surface area contributed by atoms with Crippen LogP contribution in [0, 0.1) is 0 Å². The molecule has 1 fully saturated rings. The zero-order valence-corrected chi connectivity index (χ0v) is 21.1. The highest BCUT2D eigenvalue weighted by Gasteiger charge is 2.20. The summed E-state index contributed by atoms with van der Waals surface area (Å²) in [4.78, 5) is 37.6. The third-order valence-corrected chi connectivity index (χ3v) is 6.88. The fourth-order valence-corrected chi connectivity index (χ4v) is 4.77. The summed E-state index contributed by atoms with van der Waals surface area (Å²) in [5.41, 5.74) is 6.10. The summed E-state index contributed by atoms with van der Waals surface area (Å²) in [6.45, 7) is 4.95. The zero-order valence-electron chi connectivity index (χ0n) is 21.1. The topological polar surface area (TPSA) is 77.7 Å². The lowest BCUT2D eigenvalue weighted by atomic mass is 10.1. The van der Waals surface area contributed by atoms with Gasteiger partial charge in [0.25, 0.3) is 0 Å². The number of carbonyl (C=O) groups is 2. The number of aromatic nitrogens is 1. The smallest absolute Gasteiger partial charge is 0.243 e. The van der Waals surface area contributed by atoms with Crippen LogP contribution in [0.3, 0.4) is 0 Å². The molecule has 192 valence electrons. The second-order valence-electron chi connectivity index (χ2n) is 9.55. The number of H-pyrrole nitrogens is 1. The maximum atomic E-state index is 12.6. The molecule has 0 atom stereocenters. The maximum Gasteiger partial charge on any atom is 0.243 e. The van der Waals surface area contributed by atoms with Gasteiger partial charge in [-0.1, -0.05) is 55.0 Å². The number of piperazine rings is 1. The first-order valence-corrected chi connectivity index (χ1v) is 13.2. The molecule has 36 heavy (non-hydrogen) atoms. The first-order valence-electron chi connectivity index (χ1n) is 13.2. The minimum absolute atomic E-state index is 0.113. The molecule has 0 saturated carbocycles. The molecule has 2 amide bonds. The van der Waals surface area contributed by atoms with E-state index in [1.54, 1.807) is 0 Å². The number of unbranched alkanes of at least 4 members (excludes halogenated alkanes) is 2. The molecule has 3 aromatic rings. The average molecular weight is 491 g/mol. The van der Waals surface area contributed by atoms with Crippen molar-refractivity contribution in [3.63, 3.8) is 0 Å². The standard InChI is InChI=1S/C29H38N4O3/c34-28(31-36-23-24-10-3-1-4-11-24)15-5-2-6-16-29(35)33-20-18-32(19-21-33)17-9-12-25-22-30-27-14-8-7-13-26(25)27/h1,3-4,7-8,10-11,13-14,22,30H,2,5-6,9,12,15-21,23H2,(H,31,34). The van der Waals surface area contributed by atoms with Crippen LogP contribution in [0.25, 0.3) is 10.9 Å². The van der Waals surface area contributed by atoms with Gasteiger partial charge in [-0.2, -0.15) is 0 Å². The number of aromatic amines is 1. The molecule has 1 aliphatic heterocycles. The normalized spacial score (nSPS) is 14.3. The lowest BCUT2D eigenvalue weighted by Gasteiger charge is -2.34. The number of carbonyl (C=O) groups excluding carboxylic acids is 2. The Balaban J connectivity index is 1.02. The number of aryl methyl sites for hydroxylation is 1. The fourth-order valence-electron chi connectivity index (χ4n) is 4.77. The van der Waals surface area contributed by atoms with Crippen LogP contribution >= 0.6 is 0 Å². The molecule has 0 radical (unpaired) electrons. The van der Waals surface area contributed by atoms with Crippen LogP contribution in [-0.4, -0.2) is 59.3 Å². The second kappa shape index (κ2) is 13.8. The minimum atomic E-state index is -0.113. The summed E-state index contributed by atoms with van der Waals surface area (Å²) < 4.78 is 0. The van der Waals surface area contributed by atoms with Gasteiger partial charge in [0.2, 0.25) is 11.8 Å². The molecule has 7 nitrogen and oxygen atoms in total. The van der Waals surface area contributed by atoms with Gasteiger partial charge < -0.3 is 9.88 Å². The SMILES string of the molecule is O=C(CCCCCC(=O)N1CCN(CCCc2c[nH]c3ccccc23)CC1)NOCc1ccccc1. The number of para-hydroxylation sites is 1. The van der Waals surface area contributed by atoms with Crippen LogP contribution in [0.1, 0.15) is 49.7 Å². The van der Waals surface area contributed by atoms with Crippen LogP contribution in [0.4, 0.5) is 0 Å². The van der Waals surface area contributed by atoms with Crippen molar-refractivity contribution in [3.05, 3.63) is 71.9 Å². The zero-order chi connectivity index (χ0) is 25.0. The van der Waals surface area contributed by atoms with E-state index in [1.165, 1.54) is 16.5 Å². The fraction of sp³-hybridized carbons (Fsp3) is 0.448. The quantitative estimate of drug-likeness (QED) is 0.274. The molecule has 2 heterocycles. The van der Waals surface area contributed by atoms with Gasteiger partial charge in [0.15, 0.2) is 0 Å². The molecule has 0 bridgehead atoms. The number of rotatable bonds is 13. The predicted molar refractivity (Wildman–Crippen MR) is 142 cm³/mol. The van der Waals surface area contributed by atoms with Crippen molar-refractivity contribution in [2.45, 2.75) is 51.6 Å². The van der Waals surface area contributed by atoms with Gasteiger partial charge in [0.1, 0.15) is 0 Å². The summed E-state index contributed by atoms with van der Waals surface area (Å²) in [6, 6.07) is 18.2. The first-order chi connectivity index (χ1) is 17.7. The highest BCUT2D eigenvalue weighted by Crippen LogP contribution is 2.19. The number of fused-ring (bicyclic) bond motifs is 1. The number of benzene rings is 2. The average Bonchev–Trinajstić information content (AvgIpc) is 3.32. The summed E-state index contributed by atoms with van der Waals surface area (Å²) in [6.07, 6.45) is 7.76. The molecular weight excluding hydrogens is 452 g/mol. The van der Waals surface area contributed by atoms with Gasteiger partial charge >= 0.3 is 0 Å². The van der Waals surface area contributed by atoms with Gasteiger partial charge in [-0.15, -0.1) is 0 Å². The van der Waals surface area contributed by atoms with E-state index < -0.39 is 0 Å². The van der Waals surface area contributed by atoms with Crippen LogP contribution in [0.15, 0.2) is 60.8 Å². The van der Waals surface area contributed by atoms with Crippen molar-refractivity contribution in [2.24, 2.45) is 0 Å². The van der Waals surface area contributed by atoms with Gasteiger partial charge in [-0.3, -0.25) is 19.3 Å². The Labute approximate surface area is 213 Å². The molecule has 0 unspecified atom stereocenters. The highest BCUT2D eigenvalue weighted by molar-refractivity contribution is 5.83. The molecule has 0 spiro atoms. The van der Waals surface area contributed by atoms with E-state index in [2.05, 4.69) is 45.8 Å². The molecule has 0 aliphatic carbocycles. The van der Waals surface area contributed by atoms with Gasteiger partial charge in [-0.25, -0.2) is 5.48 Å². The minimum Gasteiger partial charge on any atom is -0.361 e. The first kappa shape index (κ1) is 25.9. The van der Waals surface area contributed by atoms with E-state index in [1.807, 2.05) is 35.2 Å². The molecular formula is C29H38N4O3. The van der Waals surface area contributed by atoms with E-state index in [0.29, 0.717) is 19.4 Å². The lowest BCUT2D eigenvalue weighted by Crippen LogP contribution is -2.48. The van der Waals surface area contributed by atoms with Crippen molar-refractivity contribution in [1.82, 2.24) is 20.3 Å². The Morgan fingerprint density at radius 3 is 2.44 bits per heavy atom. The van der Waals surface area contributed by atoms with Gasteiger partial charge in [0.05, 0.1) is 6.61 Å². The molecule has 1 aromatic heterocycles. The van der Waals surface area contributed by atoms with Gasteiger partial charge in [-0.05, 0) is 49.4 Å².